The van der Waals surface area contributed by atoms with Crippen LogP contribution in [0.5, 0.6) is 0 Å². The largest absolute Gasteiger partial charge is 0.481 e. The van der Waals surface area contributed by atoms with Gasteiger partial charge < -0.3 is 5.11 Å². The summed E-state index contributed by atoms with van der Waals surface area (Å²) in [5.41, 5.74) is 4.62. The maximum atomic E-state index is 11.0. The Hall–Kier alpha value is -1.64. The Bertz CT molecular complexity index is 505. The van der Waals surface area contributed by atoms with Gasteiger partial charge in [-0.1, -0.05) is 12.2 Å². The normalized spacial score (nSPS) is 21.8. The molecule has 2 aliphatic carbocycles. The summed E-state index contributed by atoms with van der Waals surface area (Å²) in [4.78, 5) is 15.7. The zero-order chi connectivity index (χ0) is 11.8. The predicted octanol–water partition coefficient (Wildman–Crippen LogP) is 2.23. The molecule has 0 aromatic carbocycles. The van der Waals surface area contributed by atoms with Crippen molar-refractivity contribution in [3.05, 3.63) is 34.7 Å². The van der Waals surface area contributed by atoms with Gasteiger partial charge in [0, 0.05) is 17.8 Å². The van der Waals surface area contributed by atoms with E-state index in [0.29, 0.717) is 6.42 Å². The highest BCUT2D eigenvalue weighted by atomic mass is 16.4. The molecule has 1 aromatic heterocycles. The first-order chi connectivity index (χ1) is 8.24. The topological polar surface area (TPSA) is 50.2 Å². The zero-order valence-corrected chi connectivity index (χ0v) is 9.65. The summed E-state index contributed by atoms with van der Waals surface area (Å²) < 4.78 is 0. The molecule has 3 rings (SSSR count). The van der Waals surface area contributed by atoms with Crippen LogP contribution >= 0.6 is 0 Å². The van der Waals surface area contributed by atoms with E-state index in [2.05, 4.69) is 23.2 Å². The third-order valence-corrected chi connectivity index (χ3v) is 3.70. The second kappa shape index (κ2) is 3.99. The lowest BCUT2D eigenvalue weighted by atomic mass is 9.85. The van der Waals surface area contributed by atoms with Gasteiger partial charge in [-0.05, 0) is 42.9 Å². The molecule has 1 N–H and O–H groups in total. The average molecular weight is 229 g/mol. The number of fused-ring (bicyclic) bond motifs is 2. The molecule has 0 saturated heterocycles. The smallest absolute Gasteiger partial charge is 0.306 e. The van der Waals surface area contributed by atoms with E-state index in [9.17, 15) is 4.79 Å². The van der Waals surface area contributed by atoms with Crippen LogP contribution in [0.15, 0.2) is 12.1 Å². The fraction of sp³-hybridized carbons (Fsp3) is 0.429. The Morgan fingerprint density at radius 1 is 1.35 bits per heavy atom. The number of carboxylic acid groups (broad SMARTS) is 1. The van der Waals surface area contributed by atoms with Crippen molar-refractivity contribution in [3.8, 4) is 0 Å². The van der Waals surface area contributed by atoms with Crippen LogP contribution in [-0.2, 0) is 24.1 Å². The van der Waals surface area contributed by atoms with Crippen LogP contribution in [0.25, 0.3) is 6.08 Å². The number of pyridine rings is 1. The van der Waals surface area contributed by atoms with Crippen LogP contribution in [0.2, 0.25) is 0 Å². The number of hydrogen-bond donors (Lipinski definition) is 1. The lowest BCUT2D eigenvalue weighted by Gasteiger charge is -2.23. The maximum Gasteiger partial charge on any atom is 0.306 e. The van der Waals surface area contributed by atoms with Crippen LogP contribution in [0.4, 0.5) is 0 Å². The minimum Gasteiger partial charge on any atom is -0.481 e. The summed E-state index contributed by atoms with van der Waals surface area (Å²) in [6, 6.07) is 2.20. The Balaban J connectivity index is 1.98. The van der Waals surface area contributed by atoms with Crippen molar-refractivity contribution >= 4 is 12.0 Å². The van der Waals surface area contributed by atoms with E-state index >= 15 is 0 Å². The molecule has 0 spiro atoms. The number of rotatable bonds is 1. The SMILES string of the molecule is O=C(O)C1CCc2cc3c(nc2C1)CCC=C3. The summed E-state index contributed by atoms with van der Waals surface area (Å²) in [6.07, 6.45) is 8.53. The van der Waals surface area contributed by atoms with Crippen LogP contribution in [0, 0.1) is 5.92 Å². The summed E-state index contributed by atoms with van der Waals surface area (Å²) in [5.74, 6) is -0.928. The number of aliphatic carboxylic acids is 1. The first kappa shape index (κ1) is 10.5. The summed E-state index contributed by atoms with van der Waals surface area (Å²) >= 11 is 0. The molecular formula is C14H15NO2. The van der Waals surface area contributed by atoms with Gasteiger partial charge in [-0.3, -0.25) is 9.78 Å². The van der Waals surface area contributed by atoms with Crippen molar-refractivity contribution in [1.29, 1.82) is 0 Å². The molecule has 0 bridgehead atoms. The highest BCUT2D eigenvalue weighted by molar-refractivity contribution is 5.71. The van der Waals surface area contributed by atoms with Gasteiger partial charge in [0.25, 0.3) is 0 Å². The highest BCUT2D eigenvalue weighted by Crippen LogP contribution is 2.28. The molecule has 0 radical (unpaired) electrons. The molecule has 1 aromatic rings. The minimum atomic E-state index is -0.685. The van der Waals surface area contributed by atoms with Crippen molar-refractivity contribution in [2.24, 2.45) is 5.92 Å². The quantitative estimate of drug-likeness (QED) is 0.803. The number of carboxylic acids is 1. The van der Waals surface area contributed by atoms with Crippen LogP contribution in [-0.4, -0.2) is 16.1 Å². The molecule has 0 aliphatic heterocycles. The third kappa shape index (κ3) is 1.86. The van der Waals surface area contributed by atoms with E-state index < -0.39 is 5.97 Å². The molecule has 0 fully saturated rings. The summed E-state index contributed by atoms with van der Waals surface area (Å²) in [7, 11) is 0. The van der Waals surface area contributed by atoms with E-state index in [1.807, 2.05) is 0 Å². The first-order valence-electron chi connectivity index (χ1n) is 6.15. The van der Waals surface area contributed by atoms with Gasteiger partial charge in [0.15, 0.2) is 0 Å². The van der Waals surface area contributed by atoms with Crippen molar-refractivity contribution in [1.82, 2.24) is 4.98 Å². The Morgan fingerprint density at radius 3 is 3.06 bits per heavy atom. The van der Waals surface area contributed by atoms with Crippen molar-refractivity contribution < 1.29 is 9.90 Å². The Kier molecular flexibility index (Phi) is 2.46. The van der Waals surface area contributed by atoms with Gasteiger partial charge in [-0.25, -0.2) is 0 Å². The molecule has 3 heteroatoms. The first-order valence-corrected chi connectivity index (χ1v) is 6.15. The number of nitrogens with zero attached hydrogens (tertiary/aromatic N) is 1. The Morgan fingerprint density at radius 2 is 2.24 bits per heavy atom. The average Bonchev–Trinajstić information content (AvgIpc) is 2.35. The molecular weight excluding hydrogens is 214 g/mol. The molecule has 88 valence electrons. The van der Waals surface area contributed by atoms with Crippen LogP contribution in [0.1, 0.15) is 35.4 Å². The van der Waals surface area contributed by atoms with Gasteiger partial charge in [-0.15, -0.1) is 0 Å². The number of carbonyl (C=O) groups is 1. The van der Waals surface area contributed by atoms with Crippen molar-refractivity contribution in [2.45, 2.75) is 32.1 Å². The maximum absolute atomic E-state index is 11.0. The number of aryl methyl sites for hydroxylation is 2. The molecule has 0 saturated carbocycles. The molecule has 17 heavy (non-hydrogen) atoms. The van der Waals surface area contributed by atoms with E-state index in [-0.39, 0.29) is 5.92 Å². The number of aromatic nitrogens is 1. The number of hydrogen-bond acceptors (Lipinski definition) is 2. The fourth-order valence-corrected chi connectivity index (χ4v) is 2.70. The van der Waals surface area contributed by atoms with E-state index in [1.54, 1.807) is 0 Å². The van der Waals surface area contributed by atoms with Gasteiger partial charge in [-0.2, -0.15) is 0 Å². The molecule has 3 nitrogen and oxygen atoms in total. The lowest BCUT2D eigenvalue weighted by Crippen LogP contribution is -2.23. The summed E-state index contributed by atoms with van der Waals surface area (Å²) in [6.45, 7) is 0. The second-order valence-corrected chi connectivity index (χ2v) is 4.85. The predicted molar refractivity (Wildman–Crippen MR) is 64.7 cm³/mol. The molecule has 1 heterocycles. The fourth-order valence-electron chi connectivity index (χ4n) is 2.70. The Labute approximate surface area is 100 Å². The molecule has 2 aliphatic rings. The minimum absolute atomic E-state index is 0.243. The van der Waals surface area contributed by atoms with E-state index in [0.717, 1.165) is 37.1 Å². The zero-order valence-electron chi connectivity index (χ0n) is 9.65. The van der Waals surface area contributed by atoms with E-state index in [1.165, 1.54) is 11.1 Å². The monoisotopic (exact) mass is 229 g/mol. The highest BCUT2D eigenvalue weighted by Gasteiger charge is 2.26. The molecule has 1 unspecified atom stereocenters. The van der Waals surface area contributed by atoms with Crippen molar-refractivity contribution in [3.63, 3.8) is 0 Å². The third-order valence-electron chi connectivity index (χ3n) is 3.70. The van der Waals surface area contributed by atoms with Gasteiger partial charge in [0.2, 0.25) is 0 Å². The molecule has 0 amide bonds. The summed E-state index contributed by atoms with van der Waals surface area (Å²) in [5, 5.41) is 9.06. The lowest BCUT2D eigenvalue weighted by molar-refractivity contribution is -0.142. The van der Waals surface area contributed by atoms with Crippen LogP contribution in [0.3, 0.4) is 0 Å². The van der Waals surface area contributed by atoms with Crippen molar-refractivity contribution in [2.75, 3.05) is 0 Å². The molecule has 1 atom stereocenters. The van der Waals surface area contributed by atoms with Gasteiger partial charge in [0.05, 0.1) is 5.92 Å². The van der Waals surface area contributed by atoms with Gasteiger partial charge in [0.1, 0.15) is 0 Å². The second-order valence-electron chi connectivity index (χ2n) is 4.85. The number of allylic oxidation sites excluding steroid dienone is 1. The van der Waals surface area contributed by atoms with Crippen LogP contribution < -0.4 is 0 Å². The van der Waals surface area contributed by atoms with E-state index in [4.69, 9.17) is 5.11 Å². The van der Waals surface area contributed by atoms with Gasteiger partial charge >= 0.3 is 5.97 Å². The standard InChI is InChI=1S/C14H15NO2/c16-14(17)11-6-5-10-7-9-3-1-2-4-12(9)15-13(10)8-11/h1,3,7,11H,2,4-6,8H2,(H,16,17).